The van der Waals surface area contributed by atoms with E-state index >= 15 is 0 Å². The monoisotopic (exact) mass is 330 g/mol. The Morgan fingerprint density at radius 1 is 1.33 bits per heavy atom. The molecule has 3 rings (SSSR count). The molecule has 0 radical (unpaired) electrons. The minimum Gasteiger partial charge on any atom is -0.494 e. The molecule has 0 spiro atoms. The van der Waals surface area contributed by atoms with Crippen LogP contribution in [0.25, 0.3) is 0 Å². The Kier molecular flexibility index (Phi) is 4.94. The van der Waals surface area contributed by atoms with Crippen molar-refractivity contribution in [3.63, 3.8) is 0 Å². The molecule has 2 heterocycles. The number of hydrogen-bond acceptors (Lipinski definition) is 5. The lowest BCUT2D eigenvalue weighted by Crippen LogP contribution is -2.25. The number of ether oxygens (including phenoxy) is 1. The average Bonchev–Trinajstić information content (AvgIpc) is 3.05. The van der Waals surface area contributed by atoms with E-state index in [0.29, 0.717) is 12.1 Å². The third-order valence-electron chi connectivity index (χ3n) is 4.44. The van der Waals surface area contributed by atoms with Crippen LogP contribution in [-0.2, 0) is 6.54 Å². The van der Waals surface area contributed by atoms with Gasteiger partial charge in [0.2, 0.25) is 0 Å². The van der Waals surface area contributed by atoms with Crippen molar-refractivity contribution in [1.82, 2.24) is 14.9 Å². The van der Waals surface area contributed by atoms with E-state index < -0.39 is 0 Å². The second-order valence-electron chi connectivity index (χ2n) is 6.26. The lowest BCUT2D eigenvalue weighted by Gasteiger charge is -2.25. The fourth-order valence-electron chi connectivity index (χ4n) is 3.15. The highest BCUT2D eigenvalue weighted by atomic mass is 19.1. The third-order valence-corrected chi connectivity index (χ3v) is 4.44. The molecule has 0 bridgehead atoms. The molecule has 1 aromatic carbocycles. The van der Waals surface area contributed by atoms with Crippen LogP contribution >= 0.6 is 0 Å². The zero-order valence-electron chi connectivity index (χ0n) is 14.4. The van der Waals surface area contributed by atoms with Gasteiger partial charge in [0.25, 0.3) is 0 Å². The van der Waals surface area contributed by atoms with E-state index in [1.165, 1.54) is 7.11 Å². The summed E-state index contributed by atoms with van der Waals surface area (Å²) < 4.78 is 19.5. The highest BCUT2D eigenvalue weighted by Crippen LogP contribution is 2.33. The van der Waals surface area contributed by atoms with Crippen LogP contribution in [0.3, 0.4) is 0 Å². The predicted molar refractivity (Wildman–Crippen MR) is 91.7 cm³/mol. The summed E-state index contributed by atoms with van der Waals surface area (Å²) in [6.07, 6.45) is 5.66. The number of aromatic nitrogens is 2. The van der Waals surface area contributed by atoms with Gasteiger partial charge in [-0.3, -0.25) is 9.88 Å². The van der Waals surface area contributed by atoms with Crippen molar-refractivity contribution in [2.24, 2.45) is 0 Å². The summed E-state index contributed by atoms with van der Waals surface area (Å²) in [5, 5.41) is 0. The summed E-state index contributed by atoms with van der Waals surface area (Å²) in [4.78, 5) is 13.2. The van der Waals surface area contributed by atoms with E-state index in [0.717, 1.165) is 30.9 Å². The van der Waals surface area contributed by atoms with Gasteiger partial charge in [0, 0.05) is 26.2 Å². The lowest BCUT2D eigenvalue weighted by molar-refractivity contribution is 0.239. The molecule has 1 aromatic heterocycles. The Bertz CT molecular complexity index is 707. The van der Waals surface area contributed by atoms with Crippen LogP contribution in [0.5, 0.6) is 5.75 Å². The summed E-state index contributed by atoms with van der Waals surface area (Å²) in [6, 6.07) is 5.46. The lowest BCUT2D eigenvalue weighted by atomic mass is 10.1. The van der Waals surface area contributed by atoms with E-state index in [1.807, 2.05) is 37.3 Å². The summed E-state index contributed by atoms with van der Waals surface area (Å²) in [5.41, 5.74) is 1.60. The van der Waals surface area contributed by atoms with Crippen LogP contribution in [-0.4, -0.2) is 42.6 Å². The van der Waals surface area contributed by atoms with Crippen molar-refractivity contribution in [2.75, 3.05) is 32.6 Å². The normalized spacial score (nSPS) is 17.9. The van der Waals surface area contributed by atoms with E-state index in [2.05, 4.69) is 9.88 Å². The molecule has 1 aliphatic heterocycles. The van der Waals surface area contributed by atoms with Gasteiger partial charge in [-0.15, -0.1) is 0 Å². The molecule has 1 aliphatic rings. The molecule has 0 saturated carbocycles. The zero-order chi connectivity index (χ0) is 17.1. The molecular formula is C18H23FN4O. The Balaban J connectivity index is 1.83. The first-order valence-electron chi connectivity index (χ1n) is 8.15. The average molecular weight is 330 g/mol. The highest BCUT2D eigenvalue weighted by Gasteiger charge is 2.28. The molecular weight excluding hydrogens is 307 g/mol. The van der Waals surface area contributed by atoms with Crippen LogP contribution in [0.15, 0.2) is 30.6 Å². The zero-order valence-corrected chi connectivity index (χ0v) is 14.4. The highest BCUT2D eigenvalue weighted by molar-refractivity contribution is 5.34. The van der Waals surface area contributed by atoms with Crippen molar-refractivity contribution in [3.05, 3.63) is 47.7 Å². The van der Waals surface area contributed by atoms with Crippen molar-refractivity contribution in [1.29, 1.82) is 0 Å². The number of anilines is 1. The van der Waals surface area contributed by atoms with Gasteiger partial charge < -0.3 is 9.64 Å². The first-order valence-corrected chi connectivity index (χ1v) is 8.15. The van der Waals surface area contributed by atoms with E-state index in [4.69, 9.17) is 9.72 Å². The smallest absolute Gasteiger partial charge is 0.169 e. The second kappa shape index (κ2) is 7.13. The van der Waals surface area contributed by atoms with Gasteiger partial charge in [0.15, 0.2) is 11.6 Å². The number of halogens is 1. The SMILES string of the molecule is COc1cccc(CN2CCCC2c2cncc(N(C)C)n2)c1F. The first kappa shape index (κ1) is 16.6. The van der Waals surface area contributed by atoms with Gasteiger partial charge >= 0.3 is 0 Å². The quantitative estimate of drug-likeness (QED) is 0.843. The maximum absolute atomic E-state index is 14.4. The molecule has 24 heavy (non-hydrogen) atoms. The van der Waals surface area contributed by atoms with Crippen molar-refractivity contribution >= 4 is 5.82 Å². The number of likely N-dealkylation sites (tertiary alicyclic amines) is 1. The summed E-state index contributed by atoms with van der Waals surface area (Å²) in [5.74, 6) is 0.850. The van der Waals surface area contributed by atoms with Crippen molar-refractivity contribution in [3.8, 4) is 5.75 Å². The molecule has 0 amide bonds. The van der Waals surface area contributed by atoms with Gasteiger partial charge in [-0.25, -0.2) is 9.37 Å². The minimum atomic E-state index is -0.279. The fraction of sp³-hybridized carbons (Fsp3) is 0.444. The third kappa shape index (κ3) is 3.33. The molecule has 5 nitrogen and oxygen atoms in total. The van der Waals surface area contributed by atoms with Gasteiger partial charge in [-0.1, -0.05) is 12.1 Å². The minimum absolute atomic E-state index is 0.169. The Labute approximate surface area is 142 Å². The second-order valence-corrected chi connectivity index (χ2v) is 6.26. The molecule has 1 fully saturated rings. The topological polar surface area (TPSA) is 41.5 Å². The number of hydrogen-bond donors (Lipinski definition) is 0. The Hall–Kier alpha value is -2.21. The number of methoxy groups -OCH3 is 1. The molecule has 2 aromatic rings. The molecule has 1 atom stereocenters. The van der Waals surface area contributed by atoms with Crippen molar-refractivity contribution in [2.45, 2.75) is 25.4 Å². The number of benzene rings is 1. The van der Waals surface area contributed by atoms with E-state index in [1.54, 1.807) is 12.3 Å². The van der Waals surface area contributed by atoms with Gasteiger partial charge in [0.1, 0.15) is 5.82 Å². The Morgan fingerprint density at radius 3 is 2.92 bits per heavy atom. The van der Waals surface area contributed by atoms with E-state index in [-0.39, 0.29) is 17.6 Å². The van der Waals surface area contributed by atoms with Crippen LogP contribution in [0.4, 0.5) is 10.2 Å². The standard InChI is InChI=1S/C18H23FN4O/c1-22(2)17-11-20-10-14(21-17)15-7-5-9-23(15)12-13-6-4-8-16(24-3)18(13)19/h4,6,8,10-11,15H,5,7,9,12H2,1-3H3. The predicted octanol–water partition coefficient (Wildman–Crippen LogP) is 3.03. The maximum atomic E-state index is 14.4. The van der Waals surface area contributed by atoms with Crippen LogP contribution < -0.4 is 9.64 Å². The largest absolute Gasteiger partial charge is 0.494 e. The fourth-order valence-corrected chi connectivity index (χ4v) is 3.15. The molecule has 1 unspecified atom stereocenters. The van der Waals surface area contributed by atoms with Crippen LogP contribution in [0.2, 0.25) is 0 Å². The van der Waals surface area contributed by atoms with Crippen LogP contribution in [0, 0.1) is 5.82 Å². The summed E-state index contributed by atoms with van der Waals surface area (Å²) in [6.45, 7) is 1.47. The first-order chi connectivity index (χ1) is 11.6. The summed E-state index contributed by atoms with van der Waals surface area (Å²) in [7, 11) is 5.39. The summed E-state index contributed by atoms with van der Waals surface area (Å²) >= 11 is 0. The molecule has 0 aliphatic carbocycles. The number of rotatable bonds is 5. The number of nitrogens with zero attached hydrogens (tertiary/aromatic N) is 4. The van der Waals surface area contributed by atoms with Gasteiger partial charge in [-0.05, 0) is 25.5 Å². The molecule has 1 saturated heterocycles. The Morgan fingerprint density at radius 2 is 2.17 bits per heavy atom. The van der Waals surface area contributed by atoms with Gasteiger partial charge in [-0.2, -0.15) is 0 Å². The van der Waals surface area contributed by atoms with Gasteiger partial charge in [0.05, 0.1) is 31.2 Å². The van der Waals surface area contributed by atoms with E-state index in [9.17, 15) is 4.39 Å². The molecule has 128 valence electrons. The van der Waals surface area contributed by atoms with Crippen molar-refractivity contribution < 1.29 is 9.13 Å². The molecule has 6 heteroatoms. The molecule has 0 N–H and O–H groups in total. The maximum Gasteiger partial charge on any atom is 0.169 e. The van der Waals surface area contributed by atoms with Crippen LogP contribution in [0.1, 0.15) is 30.1 Å².